The lowest BCUT2D eigenvalue weighted by atomic mass is 10.1. The van der Waals surface area contributed by atoms with Gasteiger partial charge in [0.25, 0.3) is 5.56 Å². The van der Waals surface area contributed by atoms with Crippen LogP contribution in [-0.4, -0.2) is 47.7 Å². The van der Waals surface area contributed by atoms with Crippen molar-refractivity contribution in [2.45, 2.75) is 13.5 Å². The Morgan fingerprint density at radius 2 is 1.86 bits per heavy atom. The number of likely N-dealkylation sites (N-methyl/N-ethyl adjacent to an activating group) is 1. The van der Waals surface area contributed by atoms with Gasteiger partial charge in [0.05, 0.1) is 30.9 Å². The molecule has 3 aromatic rings. The van der Waals surface area contributed by atoms with Gasteiger partial charge < -0.3 is 14.4 Å². The summed E-state index contributed by atoms with van der Waals surface area (Å²) in [6.45, 7) is 2.59. The number of hydrogen-bond acceptors (Lipinski definition) is 5. The second-order valence-corrected chi connectivity index (χ2v) is 6.49. The first kappa shape index (κ1) is 19.4. The Hall–Kier alpha value is -3.35. The quantitative estimate of drug-likeness (QED) is 0.628. The van der Waals surface area contributed by atoms with Crippen LogP contribution in [0, 0.1) is 6.92 Å². The van der Waals surface area contributed by atoms with E-state index in [-0.39, 0.29) is 18.0 Å². The van der Waals surface area contributed by atoms with Crippen molar-refractivity contribution in [3.05, 3.63) is 64.7 Å². The monoisotopic (exact) mass is 381 g/mol. The number of hydrogen-bond donors (Lipinski definition) is 0. The van der Waals surface area contributed by atoms with E-state index in [2.05, 4.69) is 4.98 Å². The lowest BCUT2D eigenvalue weighted by Gasteiger charge is -2.18. The zero-order chi connectivity index (χ0) is 20.1. The Morgan fingerprint density at radius 3 is 2.57 bits per heavy atom. The van der Waals surface area contributed by atoms with Gasteiger partial charge in [0.2, 0.25) is 5.91 Å². The minimum atomic E-state index is -0.218. The topological polar surface area (TPSA) is 73.7 Å². The number of rotatable bonds is 7. The number of methoxy groups -OCH3 is 1. The fraction of sp³-hybridized carbons (Fsp3) is 0.286. The summed E-state index contributed by atoms with van der Waals surface area (Å²) in [5.74, 6) is 1.27. The first-order valence-corrected chi connectivity index (χ1v) is 8.95. The summed E-state index contributed by atoms with van der Waals surface area (Å²) in [5.41, 5.74) is 1.38. The van der Waals surface area contributed by atoms with E-state index in [9.17, 15) is 9.59 Å². The van der Waals surface area contributed by atoms with Gasteiger partial charge in [-0.1, -0.05) is 12.1 Å². The van der Waals surface area contributed by atoms with Gasteiger partial charge in [-0.3, -0.25) is 14.2 Å². The Bertz CT molecular complexity index is 1030. The van der Waals surface area contributed by atoms with Crippen molar-refractivity contribution in [2.75, 3.05) is 27.3 Å². The van der Waals surface area contributed by atoms with E-state index in [1.54, 1.807) is 20.2 Å². The molecule has 146 valence electrons. The Morgan fingerprint density at radius 1 is 1.14 bits per heavy atom. The Labute approximate surface area is 163 Å². The number of benzene rings is 2. The number of para-hydroxylation sites is 1. The Balaban J connectivity index is 1.58. The van der Waals surface area contributed by atoms with Crippen molar-refractivity contribution in [1.82, 2.24) is 14.5 Å². The third kappa shape index (κ3) is 4.31. The summed E-state index contributed by atoms with van der Waals surface area (Å²) >= 11 is 0. The lowest BCUT2D eigenvalue weighted by Crippen LogP contribution is -2.36. The third-order valence-corrected chi connectivity index (χ3v) is 4.54. The zero-order valence-corrected chi connectivity index (χ0v) is 16.2. The number of amides is 1. The van der Waals surface area contributed by atoms with Gasteiger partial charge in [-0.15, -0.1) is 0 Å². The van der Waals surface area contributed by atoms with Crippen LogP contribution in [0.3, 0.4) is 0 Å². The second kappa shape index (κ2) is 8.56. The van der Waals surface area contributed by atoms with Crippen LogP contribution in [0.5, 0.6) is 11.5 Å². The predicted octanol–water partition coefficient (Wildman–Crippen LogP) is 2.25. The van der Waals surface area contributed by atoms with Crippen LogP contribution in [0.2, 0.25) is 0 Å². The molecule has 0 radical (unpaired) electrons. The van der Waals surface area contributed by atoms with Crippen molar-refractivity contribution >= 4 is 16.8 Å². The van der Waals surface area contributed by atoms with E-state index in [0.717, 1.165) is 11.3 Å². The van der Waals surface area contributed by atoms with Crippen LogP contribution in [0.15, 0.2) is 53.6 Å². The molecule has 0 saturated heterocycles. The molecule has 0 aliphatic rings. The third-order valence-electron chi connectivity index (χ3n) is 4.54. The molecular formula is C21H23N3O4. The van der Waals surface area contributed by atoms with Crippen LogP contribution < -0.4 is 15.0 Å². The van der Waals surface area contributed by atoms with Gasteiger partial charge in [-0.05, 0) is 42.8 Å². The average Bonchev–Trinajstić information content (AvgIpc) is 2.71. The largest absolute Gasteiger partial charge is 0.497 e. The summed E-state index contributed by atoms with van der Waals surface area (Å²) in [4.78, 5) is 30.9. The van der Waals surface area contributed by atoms with Gasteiger partial charge in [0.15, 0.2) is 0 Å². The maximum atomic E-state index is 12.6. The van der Waals surface area contributed by atoms with Crippen molar-refractivity contribution in [3.63, 3.8) is 0 Å². The highest BCUT2D eigenvalue weighted by molar-refractivity contribution is 5.81. The minimum absolute atomic E-state index is 0.0608. The molecule has 0 atom stereocenters. The van der Waals surface area contributed by atoms with Crippen molar-refractivity contribution in [1.29, 1.82) is 0 Å². The number of carbonyl (C=O) groups excluding carboxylic acids is 1. The molecule has 7 heteroatoms. The predicted molar refractivity (Wildman–Crippen MR) is 107 cm³/mol. The van der Waals surface area contributed by atoms with Crippen LogP contribution in [-0.2, 0) is 11.3 Å². The van der Waals surface area contributed by atoms with E-state index >= 15 is 0 Å². The van der Waals surface area contributed by atoms with E-state index in [1.165, 1.54) is 15.8 Å². The molecule has 0 saturated carbocycles. The summed E-state index contributed by atoms with van der Waals surface area (Å²) in [7, 11) is 3.29. The summed E-state index contributed by atoms with van der Waals surface area (Å²) in [6, 6.07) is 12.7. The van der Waals surface area contributed by atoms with Gasteiger partial charge >= 0.3 is 0 Å². The molecule has 0 bridgehead atoms. The van der Waals surface area contributed by atoms with Crippen LogP contribution >= 0.6 is 0 Å². The molecule has 1 aromatic heterocycles. The molecule has 7 nitrogen and oxygen atoms in total. The molecule has 2 aromatic carbocycles. The highest BCUT2D eigenvalue weighted by Crippen LogP contribution is 2.16. The molecule has 0 fully saturated rings. The minimum Gasteiger partial charge on any atom is -0.497 e. The maximum absolute atomic E-state index is 12.6. The molecule has 28 heavy (non-hydrogen) atoms. The van der Waals surface area contributed by atoms with E-state index < -0.39 is 0 Å². The van der Waals surface area contributed by atoms with Crippen LogP contribution in [0.25, 0.3) is 10.9 Å². The van der Waals surface area contributed by atoms with E-state index in [0.29, 0.717) is 29.8 Å². The molecule has 0 spiro atoms. The molecular weight excluding hydrogens is 358 g/mol. The van der Waals surface area contributed by atoms with Gasteiger partial charge in [-0.25, -0.2) is 4.98 Å². The standard InChI is InChI=1S/C21H23N3O4/c1-15-5-4-6-18-20(15)22-14-24(21(18)26)13-19(25)23(2)11-12-28-17-9-7-16(27-3)8-10-17/h4-10,14H,11-13H2,1-3H3. The molecule has 1 amide bonds. The number of ether oxygens (including phenoxy) is 2. The highest BCUT2D eigenvalue weighted by Gasteiger charge is 2.13. The number of aromatic nitrogens is 2. The first-order valence-electron chi connectivity index (χ1n) is 8.95. The average molecular weight is 381 g/mol. The molecule has 1 heterocycles. The second-order valence-electron chi connectivity index (χ2n) is 6.49. The van der Waals surface area contributed by atoms with Crippen molar-refractivity contribution in [2.24, 2.45) is 0 Å². The zero-order valence-electron chi connectivity index (χ0n) is 16.2. The lowest BCUT2D eigenvalue weighted by molar-refractivity contribution is -0.130. The molecule has 3 rings (SSSR count). The molecule has 0 aliphatic heterocycles. The fourth-order valence-corrected chi connectivity index (χ4v) is 2.81. The number of carbonyl (C=O) groups is 1. The molecule has 0 N–H and O–H groups in total. The fourth-order valence-electron chi connectivity index (χ4n) is 2.81. The number of nitrogens with zero attached hydrogens (tertiary/aromatic N) is 3. The maximum Gasteiger partial charge on any atom is 0.261 e. The van der Waals surface area contributed by atoms with Gasteiger partial charge in [0.1, 0.15) is 24.7 Å². The van der Waals surface area contributed by atoms with Crippen molar-refractivity contribution in [3.8, 4) is 11.5 Å². The van der Waals surface area contributed by atoms with Crippen LogP contribution in [0.1, 0.15) is 5.56 Å². The first-order chi connectivity index (χ1) is 13.5. The normalized spacial score (nSPS) is 10.7. The molecule has 0 aliphatic carbocycles. The summed E-state index contributed by atoms with van der Waals surface area (Å²) < 4.78 is 12.1. The van der Waals surface area contributed by atoms with Gasteiger partial charge in [-0.2, -0.15) is 0 Å². The number of aryl methyl sites for hydroxylation is 1. The van der Waals surface area contributed by atoms with E-state index in [4.69, 9.17) is 9.47 Å². The SMILES string of the molecule is COc1ccc(OCCN(C)C(=O)Cn2cnc3c(C)cccc3c2=O)cc1. The van der Waals surface area contributed by atoms with Crippen molar-refractivity contribution < 1.29 is 14.3 Å². The summed E-state index contributed by atoms with van der Waals surface area (Å²) in [5, 5.41) is 0.515. The number of fused-ring (bicyclic) bond motifs is 1. The molecule has 0 unspecified atom stereocenters. The Kier molecular flexibility index (Phi) is 5.93. The van der Waals surface area contributed by atoms with Gasteiger partial charge in [0, 0.05) is 7.05 Å². The highest BCUT2D eigenvalue weighted by atomic mass is 16.5. The smallest absolute Gasteiger partial charge is 0.261 e. The van der Waals surface area contributed by atoms with E-state index in [1.807, 2.05) is 43.3 Å². The summed E-state index contributed by atoms with van der Waals surface area (Å²) in [6.07, 6.45) is 1.43. The van der Waals surface area contributed by atoms with Crippen LogP contribution in [0.4, 0.5) is 0 Å².